The number of fused-ring (bicyclic) bond motifs is 1. The topological polar surface area (TPSA) is 34.9 Å². The maximum atomic E-state index is 14.0. The minimum Gasteiger partial charge on any atom is -0.285 e. The minimum atomic E-state index is -0.178. The molecule has 0 bridgehead atoms. The Morgan fingerprint density at radius 3 is 2.06 bits per heavy atom. The van der Waals surface area contributed by atoms with Gasteiger partial charge in [0.25, 0.3) is 5.56 Å². The van der Waals surface area contributed by atoms with Gasteiger partial charge >= 0.3 is 0 Å². The molecule has 5 rings (SSSR count). The highest BCUT2D eigenvalue weighted by molar-refractivity contribution is 5.35. The van der Waals surface area contributed by atoms with Crippen molar-refractivity contribution in [3.8, 4) is 0 Å². The van der Waals surface area contributed by atoms with Gasteiger partial charge in [-0.05, 0) is 61.6 Å². The SMILES string of the molecule is Cc1nc2c(c(=O)n1C(c1ccccc1)c1ccccc1)CC(CCc1ccccc1)CC2. The monoisotopic (exact) mass is 434 g/mol. The first-order valence-electron chi connectivity index (χ1n) is 12.0. The molecule has 0 aliphatic heterocycles. The molecule has 0 saturated carbocycles. The average molecular weight is 435 g/mol. The molecule has 0 radical (unpaired) electrons. The maximum Gasteiger partial charge on any atom is 0.257 e. The number of rotatable bonds is 6. The summed E-state index contributed by atoms with van der Waals surface area (Å²) < 4.78 is 1.92. The molecule has 1 heterocycles. The first-order valence-corrected chi connectivity index (χ1v) is 12.0. The molecule has 3 nitrogen and oxygen atoms in total. The van der Waals surface area contributed by atoms with E-state index in [0.717, 1.165) is 60.3 Å². The Hall–Kier alpha value is -3.46. The van der Waals surface area contributed by atoms with Crippen molar-refractivity contribution >= 4 is 0 Å². The van der Waals surface area contributed by atoms with Gasteiger partial charge in [-0.25, -0.2) is 4.98 Å². The van der Waals surface area contributed by atoms with Crippen LogP contribution in [0.25, 0.3) is 0 Å². The highest BCUT2D eigenvalue weighted by Crippen LogP contribution is 2.30. The fraction of sp³-hybridized carbons (Fsp3) is 0.267. The standard InChI is InChI=1S/C30H30N2O/c1-22-31-28-20-19-24(18-17-23-11-5-2-6-12-23)21-27(28)30(33)32(22)29(25-13-7-3-8-14-25)26-15-9-4-10-16-26/h2-16,24,29H,17-21H2,1H3. The van der Waals surface area contributed by atoms with Gasteiger partial charge in [0.2, 0.25) is 0 Å². The number of hydrogen-bond acceptors (Lipinski definition) is 2. The third-order valence-corrected chi connectivity index (χ3v) is 6.93. The number of benzene rings is 3. The van der Waals surface area contributed by atoms with E-state index in [1.165, 1.54) is 5.56 Å². The van der Waals surface area contributed by atoms with Crippen LogP contribution in [-0.4, -0.2) is 9.55 Å². The fourth-order valence-corrected chi connectivity index (χ4v) is 5.20. The van der Waals surface area contributed by atoms with Crippen LogP contribution in [0.3, 0.4) is 0 Å². The smallest absolute Gasteiger partial charge is 0.257 e. The van der Waals surface area contributed by atoms with Crippen LogP contribution < -0.4 is 5.56 Å². The van der Waals surface area contributed by atoms with Crippen LogP contribution in [0.15, 0.2) is 95.8 Å². The summed E-state index contributed by atoms with van der Waals surface area (Å²) in [6.07, 6.45) is 5.00. The summed E-state index contributed by atoms with van der Waals surface area (Å²) in [6.45, 7) is 1.97. The lowest BCUT2D eigenvalue weighted by Gasteiger charge is -2.28. The van der Waals surface area contributed by atoms with Crippen LogP contribution >= 0.6 is 0 Å². The Balaban J connectivity index is 1.51. The molecule has 0 amide bonds. The largest absolute Gasteiger partial charge is 0.285 e. The zero-order valence-corrected chi connectivity index (χ0v) is 19.2. The zero-order valence-electron chi connectivity index (χ0n) is 19.2. The molecule has 0 fully saturated rings. The first kappa shape index (κ1) is 21.4. The molecule has 1 unspecified atom stereocenters. The summed E-state index contributed by atoms with van der Waals surface area (Å²) in [5.41, 5.74) is 5.63. The quantitative estimate of drug-likeness (QED) is 0.377. The fourth-order valence-electron chi connectivity index (χ4n) is 5.20. The van der Waals surface area contributed by atoms with E-state index in [2.05, 4.69) is 54.6 Å². The van der Waals surface area contributed by atoms with Crippen molar-refractivity contribution in [1.82, 2.24) is 9.55 Å². The van der Waals surface area contributed by atoms with Gasteiger partial charge in [0.05, 0.1) is 11.7 Å². The van der Waals surface area contributed by atoms with E-state index < -0.39 is 0 Å². The number of hydrogen-bond donors (Lipinski definition) is 0. The molecule has 1 aliphatic rings. The van der Waals surface area contributed by atoms with Gasteiger partial charge in [0.1, 0.15) is 5.82 Å². The molecule has 1 aliphatic carbocycles. The molecule has 3 heteroatoms. The van der Waals surface area contributed by atoms with Crippen molar-refractivity contribution in [3.63, 3.8) is 0 Å². The van der Waals surface area contributed by atoms with E-state index >= 15 is 0 Å². The number of aryl methyl sites for hydroxylation is 3. The Labute approximate surface area is 195 Å². The molecule has 0 spiro atoms. The van der Waals surface area contributed by atoms with Crippen molar-refractivity contribution in [3.05, 3.63) is 135 Å². The van der Waals surface area contributed by atoms with Crippen LogP contribution in [0.1, 0.15) is 52.7 Å². The Morgan fingerprint density at radius 1 is 0.879 bits per heavy atom. The number of nitrogens with zero attached hydrogens (tertiary/aromatic N) is 2. The summed E-state index contributed by atoms with van der Waals surface area (Å²) in [4.78, 5) is 18.9. The second-order valence-electron chi connectivity index (χ2n) is 9.12. The van der Waals surface area contributed by atoms with Crippen molar-refractivity contribution < 1.29 is 0 Å². The second-order valence-corrected chi connectivity index (χ2v) is 9.12. The van der Waals surface area contributed by atoms with Crippen LogP contribution in [0.5, 0.6) is 0 Å². The van der Waals surface area contributed by atoms with Crippen molar-refractivity contribution in [2.24, 2.45) is 5.92 Å². The molecule has 0 N–H and O–H groups in total. The third-order valence-electron chi connectivity index (χ3n) is 6.93. The van der Waals surface area contributed by atoms with Crippen LogP contribution in [-0.2, 0) is 19.3 Å². The summed E-state index contributed by atoms with van der Waals surface area (Å²) in [5, 5.41) is 0. The van der Waals surface area contributed by atoms with E-state index in [9.17, 15) is 4.79 Å². The van der Waals surface area contributed by atoms with Gasteiger partial charge < -0.3 is 0 Å². The van der Waals surface area contributed by atoms with Gasteiger partial charge in [-0.3, -0.25) is 9.36 Å². The van der Waals surface area contributed by atoms with Gasteiger partial charge in [-0.1, -0.05) is 91.0 Å². The van der Waals surface area contributed by atoms with Crippen LogP contribution in [0.2, 0.25) is 0 Å². The van der Waals surface area contributed by atoms with Crippen molar-refractivity contribution in [2.45, 2.75) is 45.1 Å². The van der Waals surface area contributed by atoms with E-state index in [0.29, 0.717) is 5.92 Å². The van der Waals surface area contributed by atoms with Crippen LogP contribution in [0.4, 0.5) is 0 Å². The van der Waals surface area contributed by atoms with E-state index in [4.69, 9.17) is 4.98 Å². The van der Waals surface area contributed by atoms with Gasteiger partial charge in [-0.15, -0.1) is 0 Å². The normalized spacial score (nSPS) is 15.4. The van der Waals surface area contributed by atoms with E-state index in [-0.39, 0.29) is 11.6 Å². The summed E-state index contributed by atoms with van der Waals surface area (Å²) in [5.74, 6) is 1.31. The van der Waals surface area contributed by atoms with E-state index in [1.54, 1.807) is 0 Å². The predicted octanol–water partition coefficient (Wildman–Crippen LogP) is 5.93. The highest BCUT2D eigenvalue weighted by atomic mass is 16.1. The molecule has 33 heavy (non-hydrogen) atoms. The Morgan fingerprint density at radius 2 is 1.45 bits per heavy atom. The average Bonchev–Trinajstić information content (AvgIpc) is 2.87. The van der Waals surface area contributed by atoms with Crippen molar-refractivity contribution in [1.29, 1.82) is 0 Å². The highest BCUT2D eigenvalue weighted by Gasteiger charge is 2.27. The van der Waals surface area contributed by atoms with Gasteiger partial charge in [-0.2, -0.15) is 0 Å². The molecule has 1 atom stereocenters. The summed E-state index contributed by atoms with van der Waals surface area (Å²) >= 11 is 0. The molecule has 4 aromatic rings. The molecular weight excluding hydrogens is 404 g/mol. The Kier molecular flexibility index (Phi) is 6.21. The minimum absolute atomic E-state index is 0.125. The predicted molar refractivity (Wildman–Crippen MR) is 134 cm³/mol. The lowest BCUT2D eigenvalue weighted by molar-refractivity contribution is 0.413. The lowest BCUT2D eigenvalue weighted by Crippen LogP contribution is -2.35. The molecule has 0 saturated heterocycles. The van der Waals surface area contributed by atoms with E-state index in [1.807, 2.05) is 47.9 Å². The first-order chi connectivity index (χ1) is 16.2. The van der Waals surface area contributed by atoms with Crippen molar-refractivity contribution in [2.75, 3.05) is 0 Å². The molecule has 1 aromatic heterocycles. The molecular formula is C30H30N2O. The van der Waals surface area contributed by atoms with Gasteiger partial charge in [0, 0.05) is 5.56 Å². The molecule has 3 aromatic carbocycles. The second kappa shape index (κ2) is 9.58. The Bertz CT molecular complexity index is 1220. The lowest BCUT2D eigenvalue weighted by atomic mass is 9.83. The molecule has 166 valence electrons. The summed E-state index contributed by atoms with van der Waals surface area (Å²) in [7, 11) is 0. The number of aromatic nitrogens is 2. The van der Waals surface area contributed by atoms with Crippen LogP contribution in [0, 0.1) is 12.8 Å². The third kappa shape index (κ3) is 4.54. The maximum absolute atomic E-state index is 14.0. The zero-order chi connectivity index (χ0) is 22.6. The van der Waals surface area contributed by atoms with Gasteiger partial charge in [0.15, 0.2) is 0 Å². The summed E-state index contributed by atoms with van der Waals surface area (Å²) in [6, 6.07) is 31.1.